The Morgan fingerprint density at radius 2 is 1.89 bits per heavy atom. The second kappa shape index (κ2) is 5.40. The molecule has 0 aliphatic heterocycles. The monoisotopic (exact) mass is 244 g/mol. The maximum absolute atomic E-state index is 13.4. The van der Waals surface area contributed by atoms with Gasteiger partial charge in [0.2, 0.25) is 0 Å². The molecule has 0 atom stereocenters. The van der Waals surface area contributed by atoms with Gasteiger partial charge in [0, 0.05) is 36.5 Å². The molecule has 3 nitrogen and oxygen atoms in total. The number of halogens is 1. The number of nitrogens with zero attached hydrogens (tertiary/aromatic N) is 1. The minimum atomic E-state index is -0.356. The zero-order valence-electron chi connectivity index (χ0n) is 9.77. The Bertz CT molecular complexity index is 520. The molecule has 0 spiro atoms. The number of carbonyl (C=O) groups is 1. The minimum absolute atomic E-state index is 0.0704. The first-order valence-electron chi connectivity index (χ1n) is 5.60. The van der Waals surface area contributed by atoms with Gasteiger partial charge in [0.25, 0.3) is 0 Å². The van der Waals surface area contributed by atoms with E-state index in [1.165, 1.54) is 6.07 Å². The van der Waals surface area contributed by atoms with Crippen molar-refractivity contribution in [3.8, 4) is 0 Å². The Kier molecular flexibility index (Phi) is 3.67. The summed E-state index contributed by atoms with van der Waals surface area (Å²) in [6.07, 6.45) is 3.38. The van der Waals surface area contributed by atoms with Crippen LogP contribution in [0.15, 0.2) is 42.7 Å². The molecule has 0 saturated carbocycles. The highest BCUT2D eigenvalue weighted by atomic mass is 19.1. The highest BCUT2D eigenvalue weighted by Gasteiger charge is 2.10. The standard InChI is InChI=1S/C14H13FN2O/c15-13-4-2-1-3-10(13)7-12(18)8-11-9-17-6-5-14(11)16/h1-6,9H,7-8H2,(H2,16,17). The van der Waals surface area contributed by atoms with Crippen molar-refractivity contribution in [1.29, 1.82) is 0 Å². The number of rotatable bonds is 4. The zero-order valence-corrected chi connectivity index (χ0v) is 9.77. The topological polar surface area (TPSA) is 56.0 Å². The van der Waals surface area contributed by atoms with Crippen molar-refractivity contribution in [1.82, 2.24) is 4.98 Å². The van der Waals surface area contributed by atoms with Crippen LogP contribution in [0, 0.1) is 5.82 Å². The number of carbonyl (C=O) groups excluding carboxylic acids is 1. The summed E-state index contributed by atoms with van der Waals surface area (Å²) in [4.78, 5) is 15.8. The molecule has 2 aromatic rings. The second-order valence-corrected chi connectivity index (χ2v) is 4.06. The van der Waals surface area contributed by atoms with Crippen LogP contribution in [0.3, 0.4) is 0 Å². The van der Waals surface area contributed by atoms with Crippen LogP contribution < -0.4 is 5.73 Å². The lowest BCUT2D eigenvalue weighted by atomic mass is 10.0. The Morgan fingerprint density at radius 1 is 1.17 bits per heavy atom. The van der Waals surface area contributed by atoms with Gasteiger partial charge in [-0.2, -0.15) is 0 Å². The van der Waals surface area contributed by atoms with Gasteiger partial charge in [-0.3, -0.25) is 9.78 Å². The van der Waals surface area contributed by atoms with E-state index in [0.717, 1.165) is 0 Å². The van der Waals surface area contributed by atoms with E-state index in [-0.39, 0.29) is 24.4 Å². The van der Waals surface area contributed by atoms with Crippen molar-refractivity contribution in [2.75, 3.05) is 5.73 Å². The molecule has 0 unspecified atom stereocenters. The van der Waals surface area contributed by atoms with E-state index >= 15 is 0 Å². The third-order valence-corrected chi connectivity index (χ3v) is 2.67. The van der Waals surface area contributed by atoms with Crippen molar-refractivity contribution in [2.45, 2.75) is 12.8 Å². The number of ketones is 1. The fraction of sp³-hybridized carbons (Fsp3) is 0.143. The first-order valence-corrected chi connectivity index (χ1v) is 5.60. The zero-order chi connectivity index (χ0) is 13.0. The smallest absolute Gasteiger partial charge is 0.141 e. The van der Waals surface area contributed by atoms with Crippen LogP contribution in [-0.2, 0) is 17.6 Å². The van der Waals surface area contributed by atoms with Crippen LogP contribution >= 0.6 is 0 Å². The van der Waals surface area contributed by atoms with E-state index in [1.54, 1.807) is 36.7 Å². The number of nitrogen functional groups attached to an aromatic ring is 1. The van der Waals surface area contributed by atoms with Crippen LogP contribution in [0.5, 0.6) is 0 Å². The molecule has 1 heterocycles. The molecule has 4 heteroatoms. The molecule has 1 aromatic heterocycles. The van der Waals surface area contributed by atoms with Gasteiger partial charge in [0.1, 0.15) is 11.6 Å². The van der Waals surface area contributed by atoms with Gasteiger partial charge in [0.15, 0.2) is 0 Å². The van der Waals surface area contributed by atoms with Gasteiger partial charge in [-0.15, -0.1) is 0 Å². The van der Waals surface area contributed by atoms with Crippen LogP contribution in [-0.4, -0.2) is 10.8 Å². The molecule has 0 radical (unpaired) electrons. The Balaban J connectivity index is 2.06. The van der Waals surface area contributed by atoms with Crippen molar-refractivity contribution in [2.24, 2.45) is 0 Å². The van der Waals surface area contributed by atoms with E-state index in [9.17, 15) is 9.18 Å². The number of Topliss-reactive ketones (excluding diaryl/α,β-unsaturated/α-hetero) is 1. The summed E-state index contributed by atoms with van der Waals surface area (Å²) in [6, 6.07) is 7.92. The third-order valence-electron chi connectivity index (χ3n) is 2.67. The first kappa shape index (κ1) is 12.2. The lowest BCUT2D eigenvalue weighted by molar-refractivity contribution is -0.117. The lowest BCUT2D eigenvalue weighted by Gasteiger charge is -2.05. The number of pyridine rings is 1. The molecule has 0 aliphatic rings. The SMILES string of the molecule is Nc1ccncc1CC(=O)Cc1ccccc1F. The molecule has 18 heavy (non-hydrogen) atoms. The quantitative estimate of drug-likeness (QED) is 0.896. The third kappa shape index (κ3) is 2.91. The molecule has 2 rings (SSSR count). The number of nitrogens with two attached hydrogens (primary N) is 1. The second-order valence-electron chi connectivity index (χ2n) is 4.06. The number of hydrogen-bond donors (Lipinski definition) is 1. The number of benzene rings is 1. The van der Waals surface area contributed by atoms with E-state index in [2.05, 4.69) is 4.98 Å². The average Bonchev–Trinajstić information content (AvgIpc) is 2.35. The number of aromatic nitrogens is 1. The minimum Gasteiger partial charge on any atom is -0.398 e. The molecule has 0 amide bonds. The predicted octanol–water partition coefficient (Wildman–Crippen LogP) is 2.16. The van der Waals surface area contributed by atoms with Gasteiger partial charge >= 0.3 is 0 Å². The molecular weight excluding hydrogens is 231 g/mol. The number of hydrogen-bond acceptors (Lipinski definition) is 3. The number of anilines is 1. The fourth-order valence-corrected chi connectivity index (χ4v) is 1.71. The molecule has 92 valence electrons. The molecule has 0 saturated heterocycles. The van der Waals surface area contributed by atoms with Crippen LogP contribution in [0.1, 0.15) is 11.1 Å². The lowest BCUT2D eigenvalue weighted by Crippen LogP contribution is -2.09. The predicted molar refractivity (Wildman–Crippen MR) is 67.5 cm³/mol. The van der Waals surface area contributed by atoms with E-state index in [0.29, 0.717) is 16.8 Å². The Morgan fingerprint density at radius 3 is 2.61 bits per heavy atom. The van der Waals surface area contributed by atoms with Gasteiger partial charge < -0.3 is 5.73 Å². The van der Waals surface area contributed by atoms with Gasteiger partial charge in [0.05, 0.1) is 0 Å². The fourth-order valence-electron chi connectivity index (χ4n) is 1.71. The summed E-state index contributed by atoms with van der Waals surface area (Å²) >= 11 is 0. The van der Waals surface area contributed by atoms with Crippen molar-refractivity contribution in [3.63, 3.8) is 0 Å². The molecule has 2 N–H and O–H groups in total. The highest BCUT2D eigenvalue weighted by Crippen LogP contribution is 2.13. The average molecular weight is 244 g/mol. The maximum Gasteiger partial charge on any atom is 0.141 e. The largest absolute Gasteiger partial charge is 0.398 e. The van der Waals surface area contributed by atoms with Gasteiger partial charge in [-0.1, -0.05) is 18.2 Å². The summed E-state index contributed by atoms with van der Waals surface area (Å²) in [5, 5.41) is 0. The first-order chi connectivity index (χ1) is 8.66. The van der Waals surface area contributed by atoms with Gasteiger partial charge in [-0.25, -0.2) is 4.39 Å². The maximum atomic E-state index is 13.4. The molecule has 0 fully saturated rings. The van der Waals surface area contributed by atoms with Gasteiger partial charge in [-0.05, 0) is 17.7 Å². The summed E-state index contributed by atoms with van der Waals surface area (Å²) in [7, 11) is 0. The Hall–Kier alpha value is -2.23. The van der Waals surface area contributed by atoms with E-state index in [1.807, 2.05) is 0 Å². The molecule has 1 aromatic carbocycles. The molecule has 0 aliphatic carbocycles. The summed E-state index contributed by atoms with van der Waals surface area (Å²) in [5.74, 6) is -0.440. The van der Waals surface area contributed by atoms with E-state index in [4.69, 9.17) is 5.73 Å². The van der Waals surface area contributed by atoms with Crippen molar-refractivity contribution >= 4 is 11.5 Å². The molecular formula is C14H13FN2O. The summed E-state index contributed by atoms with van der Waals surface area (Å²) in [6.45, 7) is 0. The van der Waals surface area contributed by atoms with Crippen molar-refractivity contribution < 1.29 is 9.18 Å². The Labute approximate surface area is 104 Å². The summed E-state index contributed by atoms with van der Waals surface area (Å²) < 4.78 is 13.4. The van der Waals surface area contributed by atoms with E-state index < -0.39 is 0 Å². The van der Waals surface area contributed by atoms with Crippen LogP contribution in [0.25, 0.3) is 0 Å². The molecule has 0 bridgehead atoms. The highest BCUT2D eigenvalue weighted by molar-refractivity contribution is 5.84. The normalized spacial score (nSPS) is 10.3. The summed E-state index contributed by atoms with van der Waals surface area (Å²) in [5.41, 5.74) is 7.35. The van der Waals surface area contributed by atoms with Crippen LogP contribution in [0.4, 0.5) is 10.1 Å². The van der Waals surface area contributed by atoms with Crippen LogP contribution in [0.2, 0.25) is 0 Å². The van der Waals surface area contributed by atoms with Crippen molar-refractivity contribution in [3.05, 3.63) is 59.7 Å².